The van der Waals surface area contributed by atoms with Crippen LogP contribution in [0.15, 0.2) is 40.8 Å². The van der Waals surface area contributed by atoms with E-state index in [9.17, 15) is 8.42 Å². The monoisotopic (exact) mass is 336 g/mol. The van der Waals surface area contributed by atoms with E-state index in [1.54, 1.807) is 6.92 Å². The van der Waals surface area contributed by atoms with Crippen LogP contribution in [-0.2, 0) is 16.6 Å². The number of furan rings is 1. The molecule has 23 heavy (non-hydrogen) atoms. The topological polar surface area (TPSA) is 71.3 Å². The van der Waals surface area contributed by atoms with Crippen LogP contribution in [0.1, 0.15) is 24.7 Å². The third kappa shape index (κ3) is 5.82. The lowest BCUT2D eigenvalue weighted by molar-refractivity contribution is 0.490. The van der Waals surface area contributed by atoms with E-state index in [0.29, 0.717) is 13.1 Å². The van der Waals surface area contributed by atoms with Gasteiger partial charge in [-0.2, -0.15) is 0 Å². The first-order chi connectivity index (χ1) is 11.0. The number of aryl methyl sites for hydroxylation is 1. The van der Waals surface area contributed by atoms with Crippen LogP contribution < -0.4 is 10.0 Å². The first kappa shape index (κ1) is 17.7. The van der Waals surface area contributed by atoms with E-state index in [0.717, 1.165) is 30.0 Å². The van der Waals surface area contributed by atoms with E-state index >= 15 is 0 Å². The van der Waals surface area contributed by atoms with Crippen molar-refractivity contribution in [3.8, 4) is 11.3 Å². The van der Waals surface area contributed by atoms with Gasteiger partial charge in [0.05, 0.1) is 12.3 Å². The average molecular weight is 336 g/mol. The Kier molecular flexibility index (Phi) is 6.38. The fourth-order valence-electron chi connectivity index (χ4n) is 2.10. The Morgan fingerprint density at radius 1 is 1.04 bits per heavy atom. The van der Waals surface area contributed by atoms with Gasteiger partial charge in [0.15, 0.2) is 0 Å². The number of hydrogen-bond acceptors (Lipinski definition) is 4. The predicted molar refractivity (Wildman–Crippen MR) is 92.7 cm³/mol. The molecule has 1 aromatic carbocycles. The van der Waals surface area contributed by atoms with Crippen molar-refractivity contribution in [1.82, 2.24) is 10.0 Å². The lowest BCUT2D eigenvalue weighted by Gasteiger charge is -2.05. The van der Waals surface area contributed by atoms with Crippen LogP contribution in [0.3, 0.4) is 0 Å². The van der Waals surface area contributed by atoms with E-state index in [4.69, 9.17) is 4.42 Å². The second-order valence-electron chi connectivity index (χ2n) is 5.46. The summed E-state index contributed by atoms with van der Waals surface area (Å²) in [4.78, 5) is 0. The minimum absolute atomic E-state index is 0.120. The molecule has 0 amide bonds. The van der Waals surface area contributed by atoms with Gasteiger partial charge in [-0.3, -0.25) is 0 Å². The maximum atomic E-state index is 11.3. The molecule has 0 saturated carbocycles. The van der Waals surface area contributed by atoms with E-state index in [1.165, 1.54) is 5.56 Å². The summed E-state index contributed by atoms with van der Waals surface area (Å²) in [5.41, 5.74) is 2.29. The van der Waals surface area contributed by atoms with Gasteiger partial charge < -0.3 is 9.73 Å². The number of rotatable bonds is 9. The van der Waals surface area contributed by atoms with Crippen LogP contribution in [0, 0.1) is 6.92 Å². The molecule has 2 rings (SSSR count). The normalized spacial score (nSPS) is 11.7. The molecule has 1 heterocycles. The Morgan fingerprint density at radius 2 is 1.78 bits per heavy atom. The van der Waals surface area contributed by atoms with Gasteiger partial charge in [0.25, 0.3) is 0 Å². The van der Waals surface area contributed by atoms with Gasteiger partial charge in [-0.1, -0.05) is 29.8 Å². The summed E-state index contributed by atoms with van der Waals surface area (Å²) in [6, 6.07) is 12.1. The highest BCUT2D eigenvalue weighted by Crippen LogP contribution is 2.22. The Hall–Kier alpha value is -1.63. The minimum atomic E-state index is -3.09. The molecule has 0 fully saturated rings. The summed E-state index contributed by atoms with van der Waals surface area (Å²) in [5.74, 6) is 1.85. The van der Waals surface area contributed by atoms with Crippen molar-refractivity contribution < 1.29 is 12.8 Å². The molecule has 126 valence electrons. The zero-order valence-corrected chi connectivity index (χ0v) is 14.4. The van der Waals surface area contributed by atoms with Crippen LogP contribution in [0.4, 0.5) is 0 Å². The van der Waals surface area contributed by atoms with Crippen molar-refractivity contribution in [3.63, 3.8) is 0 Å². The molecule has 0 unspecified atom stereocenters. The fourth-order valence-corrected chi connectivity index (χ4v) is 2.76. The molecule has 0 spiro atoms. The van der Waals surface area contributed by atoms with Gasteiger partial charge in [0, 0.05) is 12.1 Å². The lowest BCUT2D eigenvalue weighted by atomic mass is 10.1. The van der Waals surface area contributed by atoms with Crippen molar-refractivity contribution in [2.45, 2.75) is 26.8 Å². The summed E-state index contributed by atoms with van der Waals surface area (Å²) in [6.45, 7) is 5.50. The molecular weight excluding hydrogens is 312 g/mol. The largest absolute Gasteiger partial charge is 0.460 e. The Balaban J connectivity index is 1.72. The first-order valence-electron chi connectivity index (χ1n) is 7.84. The highest BCUT2D eigenvalue weighted by Gasteiger charge is 2.06. The summed E-state index contributed by atoms with van der Waals surface area (Å²) in [5, 5.41) is 3.25. The molecule has 0 saturated heterocycles. The lowest BCUT2D eigenvalue weighted by Crippen LogP contribution is -2.28. The maximum absolute atomic E-state index is 11.3. The van der Waals surface area contributed by atoms with Crippen LogP contribution in [-0.4, -0.2) is 27.3 Å². The molecule has 0 aliphatic heterocycles. The smallest absolute Gasteiger partial charge is 0.211 e. The number of benzene rings is 1. The zero-order valence-electron chi connectivity index (χ0n) is 13.6. The molecule has 2 N–H and O–H groups in total. The van der Waals surface area contributed by atoms with Crippen molar-refractivity contribution in [2.24, 2.45) is 0 Å². The summed E-state index contributed by atoms with van der Waals surface area (Å²) >= 11 is 0. The van der Waals surface area contributed by atoms with E-state index in [2.05, 4.69) is 29.1 Å². The molecule has 1 aromatic heterocycles. The molecule has 0 aliphatic rings. The molecule has 5 nitrogen and oxygen atoms in total. The molecule has 6 heteroatoms. The molecule has 0 aliphatic carbocycles. The quantitative estimate of drug-likeness (QED) is 0.691. The summed E-state index contributed by atoms with van der Waals surface area (Å²) < 4.78 is 30.9. The Labute approximate surface area is 138 Å². The third-order valence-electron chi connectivity index (χ3n) is 3.53. The maximum Gasteiger partial charge on any atom is 0.211 e. The average Bonchev–Trinajstić information content (AvgIpc) is 3.00. The van der Waals surface area contributed by atoms with E-state index in [-0.39, 0.29) is 5.75 Å². The second-order valence-corrected chi connectivity index (χ2v) is 7.56. The molecule has 0 radical (unpaired) electrons. The SMILES string of the molecule is CCS(=O)(=O)NCCCNCc1ccc(-c2ccc(C)cc2)o1. The van der Waals surface area contributed by atoms with Crippen LogP contribution >= 0.6 is 0 Å². The zero-order chi connectivity index (χ0) is 16.7. The summed E-state index contributed by atoms with van der Waals surface area (Å²) in [7, 11) is -3.09. The van der Waals surface area contributed by atoms with E-state index in [1.807, 2.05) is 24.3 Å². The number of nitrogens with one attached hydrogen (secondary N) is 2. The third-order valence-corrected chi connectivity index (χ3v) is 4.93. The van der Waals surface area contributed by atoms with E-state index < -0.39 is 10.0 Å². The van der Waals surface area contributed by atoms with Gasteiger partial charge in [0.1, 0.15) is 11.5 Å². The van der Waals surface area contributed by atoms with Gasteiger partial charge in [-0.15, -0.1) is 0 Å². The Bertz CT molecular complexity index is 706. The highest BCUT2D eigenvalue weighted by molar-refractivity contribution is 7.89. The van der Waals surface area contributed by atoms with Crippen LogP contribution in [0.5, 0.6) is 0 Å². The molecule has 2 aromatic rings. The van der Waals surface area contributed by atoms with Gasteiger partial charge in [0.2, 0.25) is 10.0 Å². The van der Waals surface area contributed by atoms with Crippen molar-refractivity contribution >= 4 is 10.0 Å². The van der Waals surface area contributed by atoms with Crippen LogP contribution in [0.25, 0.3) is 11.3 Å². The second kappa shape index (κ2) is 8.29. The highest BCUT2D eigenvalue weighted by atomic mass is 32.2. The van der Waals surface area contributed by atoms with Crippen LogP contribution in [0.2, 0.25) is 0 Å². The Morgan fingerprint density at radius 3 is 2.48 bits per heavy atom. The number of hydrogen-bond donors (Lipinski definition) is 2. The molecular formula is C17H24N2O3S. The number of sulfonamides is 1. The van der Waals surface area contributed by atoms with Gasteiger partial charge in [-0.25, -0.2) is 13.1 Å². The summed E-state index contributed by atoms with van der Waals surface area (Å²) in [6.07, 6.45) is 0.741. The van der Waals surface area contributed by atoms with Crippen molar-refractivity contribution in [1.29, 1.82) is 0 Å². The van der Waals surface area contributed by atoms with Gasteiger partial charge in [-0.05, 0) is 38.9 Å². The fraction of sp³-hybridized carbons (Fsp3) is 0.412. The molecule has 0 atom stereocenters. The van der Waals surface area contributed by atoms with Gasteiger partial charge >= 0.3 is 0 Å². The predicted octanol–water partition coefficient (Wildman–Crippen LogP) is 2.67. The van der Waals surface area contributed by atoms with Crippen molar-refractivity contribution in [3.05, 3.63) is 47.7 Å². The first-order valence-corrected chi connectivity index (χ1v) is 9.49. The van der Waals surface area contributed by atoms with Crippen molar-refractivity contribution in [2.75, 3.05) is 18.8 Å². The molecule has 0 bridgehead atoms. The standard InChI is InChI=1S/C17H24N2O3S/c1-3-23(20,21)19-12-4-11-18-13-16-9-10-17(22-16)15-7-5-14(2)6-8-15/h5-10,18-19H,3-4,11-13H2,1-2H3. The minimum Gasteiger partial charge on any atom is -0.460 e.